The standard InChI is InChI=1S/C18H15FN2O4S2/c1-3-10-21-15-9-4-12(17(22)25-2)11-16(15)26-18(21)20-27(23,24)14-7-5-13(19)6-8-14/h3-9,11H,1,10H2,2H3/b20-18-. The quantitative estimate of drug-likeness (QED) is 0.482. The molecule has 1 aromatic heterocycles. The number of allylic oxidation sites excluding steroid dienone is 1. The number of hydrogen-bond donors (Lipinski definition) is 0. The summed E-state index contributed by atoms with van der Waals surface area (Å²) in [4.78, 5) is 11.8. The number of benzene rings is 2. The van der Waals surface area contributed by atoms with Gasteiger partial charge in [0.15, 0.2) is 0 Å². The monoisotopic (exact) mass is 406 g/mol. The summed E-state index contributed by atoms with van der Waals surface area (Å²) in [6.07, 6.45) is 1.61. The Labute approximate surface area is 158 Å². The second kappa shape index (κ2) is 7.45. The van der Waals surface area contributed by atoms with Crippen LogP contribution in [0.4, 0.5) is 4.39 Å². The Morgan fingerprint density at radius 1 is 1.30 bits per heavy atom. The largest absolute Gasteiger partial charge is 0.465 e. The highest BCUT2D eigenvalue weighted by molar-refractivity contribution is 7.90. The number of rotatable bonds is 5. The second-order valence-corrected chi connectivity index (χ2v) is 8.09. The van der Waals surface area contributed by atoms with Gasteiger partial charge in [-0.25, -0.2) is 9.18 Å². The number of esters is 1. The number of carbonyl (C=O) groups is 1. The number of aromatic nitrogens is 1. The zero-order valence-corrected chi connectivity index (χ0v) is 15.9. The van der Waals surface area contributed by atoms with Crippen molar-refractivity contribution in [3.8, 4) is 0 Å². The molecule has 0 saturated carbocycles. The molecule has 140 valence electrons. The fourth-order valence-corrected chi connectivity index (χ4v) is 4.74. The molecule has 0 bridgehead atoms. The molecule has 0 saturated heterocycles. The van der Waals surface area contributed by atoms with E-state index in [0.29, 0.717) is 22.3 Å². The van der Waals surface area contributed by atoms with Crippen LogP contribution >= 0.6 is 11.3 Å². The Morgan fingerprint density at radius 3 is 2.63 bits per heavy atom. The molecule has 0 aliphatic heterocycles. The average Bonchev–Trinajstić information content (AvgIpc) is 2.97. The SMILES string of the molecule is C=CCn1/c(=N/S(=O)(=O)c2ccc(F)cc2)sc2cc(C(=O)OC)ccc21. The van der Waals surface area contributed by atoms with E-state index in [1.807, 2.05) is 0 Å². The number of carbonyl (C=O) groups excluding carboxylic acids is 1. The van der Waals surface area contributed by atoms with Crippen molar-refractivity contribution in [2.24, 2.45) is 4.40 Å². The first kappa shape index (κ1) is 19.0. The van der Waals surface area contributed by atoms with Gasteiger partial charge in [0.2, 0.25) is 4.80 Å². The molecule has 0 spiro atoms. The van der Waals surface area contributed by atoms with Crippen LogP contribution in [0, 0.1) is 5.82 Å². The van der Waals surface area contributed by atoms with Crippen LogP contribution < -0.4 is 4.80 Å². The van der Waals surface area contributed by atoms with E-state index in [-0.39, 0.29) is 9.70 Å². The van der Waals surface area contributed by atoms with Crippen LogP contribution in [-0.4, -0.2) is 26.1 Å². The van der Waals surface area contributed by atoms with Crippen molar-refractivity contribution in [1.29, 1.82) is 0 Å². The molecule has 0 unspecified atom stereocenters. The number of halogens is 1. The molecule has 6 nitrogen and oxygen atoms in total. The van der Waals surface area contributed by atoms with Crippen molar-refractivity contribution < 1.29 is 22.3 Å². The summed E-state index contributed by atoms with van der Waals surface area (Å²) in [5, 5.41) is 0. The van der Waals surface area contributed by atoms with Gasteiger partial charge in [-0.1, -0.05) is 17.4 Å². The third-order valence-electron chi connectivity index (χ3n) is 3.73. The molecule has 0 atom stereocenters. The van der Waals surface area contributed by atoms with Crippen molar-refractivity contribution in [3.05, 3.63) is 71.3 Å². The minimum absolute atomic E-state index is 0.109. The van der Waals surface area contributed by atoms with Gasteiger partial charge in [0.25, 0.3) is 10.0 Å². The lowest BCUT2D eigenvalue weighted by Crippen LogP contribution is -2.16. The van der Waals surface area contributed by atoms with Gasteiger partial charge in [0.05, 0.1) is 27.8 Å². The van der Waals surface area contributed by atoms with Gasteiger partial charge in [0, 0.05) is 6.54 Å². The van der Waals surface area contributed by atoms with Gasteiger partial charge < -0.3 is 9.30 Å². The molecular weight excluding hydrogens is 391 g/mol. The van der Waals surface area contributed by atoms with E-state index in [2.05, 4.69) is 11.0 Å². The van der Waals surface area contributed by atoms with Gasteiger partial charge in [-0.05, 0) is 42.5 Å². The first-order chi connectivity index (χ1) is 12.9. The molecule has 3 aromatic rings. The van der Waals surface area contributed by atoms with Crippen LogP contribution in [0.1, 0.15) is 10.4 Å². The minimum Gasteiger partial charge on any atom is -0.465 e. The van der Waals surface area contributed by atoms with Crippen molar-refractivity contribution in [3.63, 3.8) is 0 Å². The van der Waals surface area contributed by atoms with E-state index >= 15 is 0 Å². The summed E-state index contributed by atoms with van der Waals surface area (Å²) in [5.41, 5.74) is 1.06. The molecule has 9 heteroatoms. The summed E-state index contributed by atoms with van der Waals surface area (Å²) in [5.74, 6) is -1.02. The summed E-state index contributed by atoms with van der Waals surface area (Å²) in [6.45, 7) is 4.01. The Bertz CT molecular complexity index is 1190. The van der Waals surface area contributed by atoms with Crippen LogP contribution in [0.15, 0.2) is 64.4 Å². The highest BCUT2D eigenvalue weighted by Crippen LogP contribution is 2.21. The Kier molecular flexibility index (Phi) is 5.24. The predicted octanol–water partition coefficient (Wildman–Crippen LogP) is 3.10. The highest BCUT2D eigenvalue weighted by atomic mass is 32.2. The maximum absolute atomic E-state index is 13.1. The number of hydrogen-bond acceptors (Lipinski definition) is 5. The number of nitrogens with zero attached hydrogens (tertiary/aromatic N) is 2. The van der Waals surface area contributed by atoms with E-state index < -0.39 is 21.8 Å². The fraction of sp³-hybridized carbons (Fsp3) is 0.111. The zero-order chi connectivity index (χ0) is 19.6. The van der Waals surface area contributed by atoms with E-state index in [4.69, 9.17) is 4.74 Å². The van der Waals surface area contributed by atoms with Crippen molar-refractivity contribution >= 4 is 37.5 Å². The molecule has 27 heavy (non-hydrogen) atoms. The first-order valence-corrected chi connectivity index (χ1v) is 10.0. The summed E-state index contributed by atoms with van der Waals surface area (Å²) >= 11 is 1.12. The minimum atomic E-state index is -4.03. The summed E-state index contributed by atoms with van der Waals surface area (Å²) < 4.78 is 49.2. The van der Waals surface area contributed by atoms with E-state index in [1.165, 1.54) is 7.11 Å². The van der Waals surface area contributed by atoms with Crippen LogP contribution in [0.5, 0.6) is 0 Å². The van der Waals surface area contributed by atoms with Gasteiger partial charge in [-0.15, -0.1) is 11.0 Å². The predicted molar refractivity (Wildman–Crippen MR) is 101 cm³/mol. The van der Waals surface area contributed by atoms with E-state index in [9.17, 15) is 17.6 Å². The van der Waals surface area contributed by atoms with Crippen molar-refractivity contribution in [1.82, 2.24) is 4.57 Å². The molecule has 0 fully saturated rings. The number of ether oxygens (including phenoxy) is 1. The number of fused-ring (bicyclic) bond motifs is 1. The van der Waals surface area contributed by atoms with Crippen LogP contribution in [0.2, 0.25) is 0 Å². The summed E-state index contributed by atoms with van der Waals surface area (Å²) in [7, 11) is -2.74. The number of sulfonamides is 1. The van der Waals surface area contributed by atoms with Gasteiger partial charge in [-0.3, -0.25) is 0 Å². The normalized spacial score (nSPS) is 12.3. The third-order valence-corrected chi connectivity index (χ3v) is 6.16. The molecule has 0 N–H and O–H groups in total. The molecule has 2 aromatic carbocycles. The zero-order valence-electron chi connectivity index (χ0n) is 14.3. The van der Waals surface area contributed by atoms with Gasteiger partial charge in [0.1, 0.15) is 5.82 Å². The molecule has 1 heterocycles. The molecule has 0 aliphatic rings. The van der Waals surface area contributed by atoms with Gasteiger partial charge in [-0.2, -0.15) is 8.42 Å². The van der Waals surface area contributed by atoms with E-state index in [1.54, 1.807) is 28.8 Å². The smallest absolute Gasteiger partial charge is 0.337 e. The maximum Gasteiger partial charge on any atom is 0.337 e. The molecule has 0 aliphatic carbocycles. The summed E-state index contributed by atoms with van der Waals surface area (Å²) in [6, 6.07) is 9.36. The lowest BCUT2D eigenvalue weighted by atomic mass is 10.2. The lowest BCUT2D eigenvalue weighted by molar-refractivity contribution is 0.0601. The second-order valence-electron chi connectivity index (χ2n) is 5.48. The third kappa shape index (κ3) is 3.83. The van der Waals surface area contributed by atoms with Crippen LogP contribution in [0.3, 0.4) is 0 Å². The molecule has 0 radical (unpaired) electrons. The fourth-order valence-electron chi connectivity index (χ4n) is 2.46. The molecular formula is C18H15FN2O4S2. The Morgan fingerprint density at radius 2 is 2.00 bits per heavy atom. The van der Waals surface area contributed by atoms with Crippen LogP contribution in [-0.2, 0) is 21.3 Å². The molecule has 0 amide bonds. The Balaban J connectivity index is 2.21. The van der Waals surface area contributed by atoms with Gasteiger partial charge >= 0.3 is 5.97 Å². The lowest BCUT2D eigenvalue weighted by Gasteiger charge is -2.03. The Hall–Kier alpha value is -2.78. The maximum atomic E-state index is 13.1. The van der Waals surface area contributed by atoms with Crippen molar-refractivity contribution in [2.45, 2.75) is 11.4 Å². The topological polar surface area (TPSA) is 77.7 Å². The van der Waals surface area contributed by atoms with Crippen molar-refractivity contribution in [2.75, 3.05) is 7.11 Å². The van der Waals surface area contributed by atoms with Crippen LogP contribution in [0.25, 0.3) is 10.2 Å². The highest BCUT2D eigenvalue weighted by Gasteiger charge is 2.16. The van der Waals surface area contributed by atoms with E-state index in [0.717, 1.165) is 35.6 Å². The number of thiazole rings is 1. The average molecular weight is 406 g/mol. The first-order valence-electron chi connectivity index (χ1n) is 7.75. The number of methoxy groups -OCH3 is 1. The molecule has 3 rings (SSSR count).